The Labute approximate surface area is 192 Å². The van der Waals surface area contributed by atoms with Gasteiger partial charge in [0.25, 0.3) is 0 Å². The van der Waals surface area contributed by atoms with Crippen LogP contribution in [0.1, 0.15) is 37.3 Å². The molecule has 1 aromatic heterocycles. The molecule has 5 rings (SSSR count). The van der Waals surface area contributed by atoms with E-state index in [1.807, 2.05) is 55.5 Å². The topological polar surface area (TPSA) is 72.3 Å². The van der Waals surface area contributed by atoms with Gasteiger partial charge in [-0.25, -0.2) is 0 Å². The Morgan fingerprint density at radius 3 is 2.59 bits per heavy atom. The van der Waals surface area contributed by atoms with E-state index in [2.05, 4.69) is 25.0 Å². The van der Waals surface area contributed by atoms with Crippen molar-refractivity contribution in [1.29, 1.82) is 0 Å². The highest BCUT2D eigenvalue weighted by atomic mass is 32.2. The Balaban J connectivity index is 1.17. The maximum atomic E-state index is 12.5. The summed E-state index contributed by atoms with van der Waals surface area (Å²) in [6.07, 6.45) is 4.74. The number of carbonyl (C=O) groups excluding carboxylic acids is 1. The summed E-state index contributed by atoms with van der Waals surface area (Å²) >= 11 is 1.45. The number of nitrogens with one attached hydrogen (secondary N) is 1. The molecule has 1 amide bonds. The quantitative estimate of drug-likeness (QED) is 0.486. The molecule has 7 nitrogen and oxygen atoms in total. The number of amides is 1. The van der Waals surface area contributed by atoms with Gasteiger partial charge in [-0.05, 0) is 74.6 Å². The van der Waals surface area contributed by atoms with Crippen molar-refractivity contribution in [2.24, 2.45) is 0 Å². The first-order chi connectivity index (χ1) is 15.7. The molecule has 0 spiro atoms. The molecule has 166 valence electrons. The third-order valence-electron chi connectivity index (χ3n) is 5.64. The summed E-state index contributed by atoms with van der Waals surface area (Å²) in [5, 5.41) is 12.6. The Bertz CT molecular complexity index is 1090. The average molecular weight is 450 g/mol. The van der Waals surface area contributed by atoms with Gasteiger partial charge in [0.05, 0.1) is 5.75 Å². The molecule has 3 aromatic rings. The maximum absolute atomic E-state index is 12.5. The first kappa shape index (κ1) is 20.9. The van der Waals surface area contributed by atoms with Crippen LogP contribution in [0.2, 0.25) is 0 Å². The second-order valence-corrected chi connectivity index (χ2v) is 9.30. The molecule has 8 heteroatoms. The molecule has 2 aromatic carbocycles. The van der Waals surface area contributed by atoms with Gasteiger partial charge in [0.2, 0.25) is 11.9 Å². The number of thioether (sulfide) groups is 1. The Morgan fingerprint density at radius 2 is 1.88 bits per heavy atom. The number of rotatable bonds is 8. The number of benzene rings is 2. The Morgan fingerprint density at radius 1 is 1.09 bits per heavy atom. The van der Waals surface area contributed by atoms with E-state index in [1.54, 1.807) is 0 Å². The number of aryl methyl sites for hydroxylation is 1. The summed E-state index contributed by atoms with van der Waals surface area (Å²) in [6.45, 7) is 4.11. The first-order valence-electron chi connectivity index (χ1n) is 11.1. The summed E-state index contributed by atoms with van der Waals surface area (Å²) in [5.41, 5.74) is 1.89. The molecule has 1 N–H and O–H groups in total. The number of aromatic nitrogens is 3. The number of anilines is 2. The smallest absolute Gasteiger partial charge is 0.234 e. The van der Waals surface area contributed by atoms with E-state index >= 15 is 0 Å². The van der Waals surface area contributed by atoms with E-state index in [9.17, 15) is 4.79 Å². The zero-order valence-corrected chi connectivity index (χ0v) is 19.0. The van der Waals surface area contributed by atoms with Crippen molar-refractivity contribution in [1.82, 2.24) is 14.8 Å². The minimum Gasteiger partial charge on any atom is -0.457 e. The van der Waals surface area contributed by atoms with Crippen molar-refractivity contribution < 1.29 is 9.53 Å². The molecule has 0 radical (unpaired) electrons. The molecule has 0 bridgehead atoms. The van der Waals surface area contributed by atoms with Crippen LogP contribution in [0, 0.1) is 6.92 Å². The van der Waals surface area contributed by atoms with E-state index in [0.717, 1.165) is 59.8 Å². The molecule has 2 aliphatic rings. The van der Waals surface area contributed by atoms with Crippen molar-refractivity contribution in [3.8, 4) is 11.5 Å². The van der Waals surface area contributed by atoms with Crippen LogP contribution in [0.4, 0.5) is 11.6 Å². The second kappa shape index (κ2) is 9.24. The molecule has 0 unspecified atom stereocenters. The van der Waals surface area contributed by atoms with Crippen molar-refractivity contribution >= 4 is 29.3 Å². The zero-order valence-electron chi connectivity index (χ0n) is 18.2. The number of hydrogen-bond donors (Lipinski definition) is 1. The second-order valence-electron chi connectivity index (χ2n) is 8.36. The van der Waals surface area contributed by atoms with Gasteiger partial charge in [-0.3, -0.25) is 9.36 Å². The summed E-state index contributed by atoms with van der Waals surface area (Å²) in [5.74, 6) is 2.74. The number of hydrogen-bond acceptors (Lipinski definition) is 6. The zero-order chi connectivity index (χ0) is 21.9. The fourth-order valence-electron chi connectivity index (χ4n) is 3.90. The number of nitrogens with zero attached hydrogens (tertiary/aromatic N) is 4. The van der Waals surface area contributed by atoms with E-state index in [1.165, 1.54) is 24.6 Å². The summed E-state index contributed by atoms with van der Waals surface area (Å²) < 4.78 is 8.11. The molecular formula is C24H27N5O2S. The fraction of sp³-hybridized carbons (Fsp3) is 0.375. The van der Waals surface area contributed by atoms with Crippen LogP contribution < -0.4 is 15.0 Å². The van der Waals surface area contributed by atoms with Crippen LogP contribution in [-0.4, -0.2) is 39.5 Å². The van der Waals surface area contributed by atoms with Gasteiger partial charge in [0, 0.05) is 24.8 Å². The third-order valence-corrected chi connectivity index (χ3v) is 6.59. The fourth-order valence-corrected chi connectivity index (χ4v) is 4.70. The van der Waals surface area contributed by atoms with Gasteiger partial charge in [-0.1, -0.05) is 23.9 Å². The van der Waals surface area contributed by atoms with E-state index < -0.39 is 0 Å². The first-order valence-corrected chi connectivity index (χ1v) is 12.1. The van der Waals surface area contributed by atoms with Crippen molar-refractivity contribution in [3.63, 3.8) is 0 Å². The van der Waals surface area contributed by atoms with Crippen LogP contribution in [0.5, 0.6) is 11.5 Å². The van der Waals surface area contributed by atoms with E-state index in [4.69, 9.17) is 4.74 Å². The lowest BCUT2D eigenvalue weighted by Gasteiger charge is -2.17. The molecule has 1 saturated heterocycles. The molecule has 0 atom stereocenters. The van der Waals surface area contributed by atoms with Crippen molar-refractivity contribution in [2.45, 2.75) is 43.8 Å². The SMILES string of the molecule is Cc1cccc(Oc2ccc(NC(=O)CSc3nnc(N4CCCC4)n3C3CC3)cc2)c1. The lowest BCUT2D eigenvalue weighted by molar-refractivity contribution is -0.113. The van der Waals surface area contributed by atoms with Crippen molar-refractivity contribution in [2.75, 3.05) is 29.1 Å². The van der Waals surface area contributed by atoms with Crippen LogP contribution in [-0.2, 0) is 4.79 Å². The Kier molecular flexibility index (Phi) is 6.03. The minimum absolute atomic E-state index is 0.0598. The monoisotopic (exact) mass is 449 g/mol. The predicted octanol–water partition coefficient (Wildman–Crippen LogP) is 5.04. The van der Waals surface area contributed by atoms with Crippen LogP contribution in [0.25, 0.3) is 0 Å². The van der Waals surface area contributed by atoms with Crippen LogP contribution in [0.15, 0.2) is 53.7 Å². The van der Waals surface area contributed by atoms with Gasteiger partial charge in [-0.2, -0.15) is 0 Å². The molecule has 1 aliphatic heterocycles. The van der Waals surface area contributed by atoms with Gasteiger partial charge in [-0.15, -0.1) is 10.2 Å². The van der Waals surface area contributed by atoms with Gasteiger partial charge in [0.15, 0.2) is 5.16 Å². The summed E-state index contributed by atoms with van der Waals surface area (Å²) in [7, 11) is 0. The van der Waals surface area contributed by atoms with Gasteiger partial charge >= 0.3 is 0 Å². The summed E-state index contributed by atoms with van der Waals surface area (Å²) in [4.78, 5) is 14.8. The molecule has 2 fully saturated rings. The lowest BCUT2D eigenvalue weighted by atomic mass is 10.2. The van der Waals surface area contributed by atoms with E-state index in [-0.39, 0.29) is 5.91 Å². The lowest BCUT2D eigenvalue weighted by Crippen LogP contribution is -2.22. The molecular weight excluding hydrogens is 422 g/mol. The molecule has 1 saturated carbocycles. The number of carbonyl (C=O) groups is 1. The van der Waals surface area contributed by atoms with Crippen LogP contribution >= 0.6 is 11.8 Å². The third kappa shape index (κ3) is 4.91. The summed E-state index contributed by atoms with van der Waals surface area (Å²) in [6, 6.07) is 15.8. The van der Waals surface area contributed by atoms with Gasteiger partial charge in [0.1, 0.15) is 11.5 Å². The highest BCUT2D eigenvalue weighted by molar-refractivity contribution is 7.99. The molecule has 32 heavy (non-hydrogen) atoms. The highest BCUT2D eigenvalue weighted by Crippen LogP contribution is 2.41. The van der Waals surface area contributed by atoms with Crippen LogP contribution in [0.3, 0.4) is 0 Å². The molecule has 1 aliphatic carbocycles. The average Bonchev–Trinajstić information content (AvgIpc) is 3.30. The largest absolute Gasteiger partial charge is 0.457 e. The standard InChI is InChI=1S/C24H27N5O2S/c1-17-5-4-6-21(15-17)31-20-11-7-18(8-12-20)25-22(30)16-32-24-27-26-23(28-13-2-3-14-28)29(24)19-9-10-19/h4-8,11-12,15,19H,2-3,9-10,13-14,16H2,1H3,(H,25,30). The van der Waals surface area contributed by atoms with Gasteiger partial charge < -0.3 is 15.0 Å². The number of ether oxygens (including phenoxy) is 1. The van der Waals surface area contributed by atoms with Crippen molar-refractivity contribution in [3.05, 3.63) is 54.1 Å². The van der Waals surface area contributed by atoms with E-state index in [0.29, 0.717) is 11.8 Å². The normalized spacial score (nSPS) is 15.7. The maximum Gasteiger partial charge on any atom is 0.234 e. The highest BCUT2D eigenvalue weighted by Gasteiger charge is 2.32. The minimum atomic E-state index is -0.0598. The predicted molar refractivity (Wildman–Crippen MR) is 127 cm³/mol. The Hall–Kier alpha value is -3.00. The molecule has 2 heterocycles.